The van der Waals surface area contributed by atoms with Crippen molar-refractivity contribution in [3.63, 3.8) is 0 Å². The SMILES string of the molecule is CCCCCCCCCC(=O)NC(C(=O)NC(C)C(C)O)C(C)O. The Morgan fingerprint density at radius 1 is 0.833 bits per heavy atom. The molecule has 0 aliphatic rings. The Labute approximate surface area is 146 Å². The lowest BCUT2D eigenvalue weighted by atomic mass is 10.1. The number of nitrogens with one attached hydrogen (secondary N) is 2. The first-order valence-electron chi connectivity index (χ1n) is 9.25. The number of aliphatic hydroxyl groups excluding tert-OH is 2. The minimum atomic E-state index is -0.997. The Morgan fingerprint density at radius 2 is 1.38 bits per heavy atom. The first-order valence-corrected chi connectivity index (χ1v) is 9.25. The van der Waals surface area contributed by atoms with Crippen molar-refractivity contribution in [2.75, 3.05) is 0 Å². The van der Waals surface area contributed by atoms with E-state index in [0.29, 0.717) is 6.42 Å². The van der Waals surface area contributed by atoms with Crippen molar-refractivity contribution in [3.8, 4) is 0 Å². The van der Waals surface area contributed by atoms with Crippen LogP contribution >= 0.6 is 0 Å². The van der Waals surface area contributed by atoms with Crippen LogP contribution in [-0.2, 0) is 9.59 Å². The fourth-order valence-electron chi connectivity index (χ4n) is 2.33. The molecule has 2 amide bonds. The van der Waals surface area contributed by atoms with E-state index in [4.69, 9.17) is 0 Å². The average Bonchev–Trinajstić information content (AvgIpc) is 2.51. The molecular weight excluding hydrogens is 308 g/mol. The third-order valence-electron chi connectivity index (χ3n) is 4.18. The van der Waals surface area contributed by atoms with Gasteiger partial charge in [0.15, 0.2) is 0 Å². The molecule has 24 heavy (non-hydrogen) atoms. The Hall–Kier alpha value is -1.14. The van der Waals surface area contributed by atoms with E-state index in [1.165, 1.54) is 32.6 Å². The first-order chi connectivity index (χ1) is 11.3. The number of hydrogen-bond donors (Lipinski definition) is 4. The first kappa shape index (κ1) is 22.9. The zero-order valence-electron chi connectivity index (χ0n) is 15.7. The van der Waals surface area contributed by atoms with Crippen molar-refractivity contribution in [2.24, 2.45) is 0 Å². The lowest BCUT2D eigenvalue weighted by Gasteiger charge is -2.24. The van der Waals surface area contributed by atoms with Crippen LogP contribution < -0.4 is 10.6 Å². The zero-order chi connectivity index (χ0) is 18.5. The summed E-state index contributed by atoms with van der Waals surface area (Å²) in [6.07, 6.45) is 6.50. The van der Waals surface area contributed by atoms with Gasteiger partial charge in [-0.05, 0) is 27.2 Å². The molecule has 0 rings (SSSR count). The van der Waals surface area contributed by atoms with E-state index in [2.05, 4.69) is 17.6 Å². The molecule has 0 aliphatic carbocycles. The van der Waals surface area contributed by atoms with Crippen molar-refractivity contribution in [2.45, 2.75) is 103 Å². The molecule has 0 fully saturated rings. The smallest absolute Gasteiger partial charge is 0.245 e. The number of rotatable bonds is 13. The van der Waals surface area contributed by atoms with E-state index < -0.39 is 30.2 Å². The molecule has 4 N–H and O–H groups in total. The maximum absolute atomic E-state index is 12.1. The van der Waals surface area contributed by atoms with E-state index in [1.54, 1.807) is 13.8 Å². The maximum atomic E-state index is 12.1. The summed E-state index contributed by atoms with van der Waals surface area (Å²) in [5, 5.41) is 24.4. The van der Waals surface area contributed by atoms with E-state index in [9.17, 15) is 19.8 Å². The summed E-state index contributed by atoms with van der Waals surface area (Å²) < 4.78 is 0. The summed E-state index contributed by atoms with van der Waals surface area (Å²) in [4.78, 5) is 24.1. The largest absolute Gasteiger partial charge is 0.391 e. The number of hydrogen-bond acceptors (Lipinski definition) is 4. The summed E-state index contributed by atoms with van der Waals surface area (Å²) >= 11 is 0. The molecule has 142 valence electrons. The van der Waals surface area contributed by atoms with E-state index >= 15 is 0 Å². The highest BCUT2D eigenvalue weighted by Crippen LogP contribution is 2.08. The molecular formula is C18H36N2O4. The lowest BCUT2D eigenvalue weighted by Crippen LogP contribution is -2.55. The molecule has 6 nitrogen and oxygen atoms in total. The number of carbonyl (C=O) groups is 2. The van der Waals surface area contributed by atoms with Gasteiger partial charge in [-0.25, -0.2) is 0 Å². The van der Waals surface area contributed by atoms with Crippen LogP contribution in [0.3, 0.4) is 0 Å². The summed E-state index contributed by atoms with van der Waals surface area (Å²) in [5.41, 5.74) is 0. The van der Waals surface area contributed by atoms with Gasteiger partial charge in [0.2, 0.25) is 11.8 Å². The summed E-state index contributed by atoms with van der Waals surface area (Å²) in [6, 6.07) is -1.44. The van der Waals surface area contributed by atoms with Gasteiger partial charge >= 0.3 is 0 Å². The molecule has 0 aliphatic heterocycles. The fourth-order valence-corrected chi connectivity index (χ4v) is 2.33. The third-order valence-corrected chi connectivity index (χ3v) is 4.18. The predicted octanol–water partition coefficient (Wildman–Crippen LogP) is 1.88. The highest BCUT2D eigenvalue weighted by Gasteiger charge is 2.27. The van der Waals surface area contributed by atoms with Gasteiger partial charge in [-0.1, -0.05) is 45.4 Å². The summed E-state index contributed by atoms with van der Waals surface area (Å²) in [7, 11) is 0. The Bertz CT molecular complexity index is 359. The van der Waals surface area contributed by atoms with Gasteiger partial charge in [0, 0.05) is 6.42 Å². The molecule has 0 aromatic rings. The van der Waals surface area contributed by atoms with Gasteiger partial charge in [-0.2, -0.15) is 0 Å². The quantitative estimate of drug-likeness (QED) is 0.383. The van der Waals surface area contributed by atoms with Crippen LogP contribution in [0.1, 0.15) is 79.1 Å². The topological polar surface area (TPSA) is 98.7 Å². The minimum Gasteiger partial charge on any atom is -0.391 e. The summed E-state index contributed by atoms with van der Waals surface area (Å²) in [6.45, 7) is 6.88. The third kappa shape index (κ3) is 10.6. The Kier molecular flexibility index (Phi) is 12.6. The molecule has 0 spiro atoms. The second kappa shape index (κ2) is 13.2. The van der Waals surface area contributed by atoms with Crippen LogP contribution in [0.15, 0.2) is 0 Å². The Balaban J connectivity index is 4.13. The second-order valence-electron chi connectivity index (χ2n) is 6.69. The standard InChI is InChI=1S/C18H36N2O4/c1-5-6-7-8-9-10-11-12-16(23)20-17(15(4)22)18(24)19-13(2)14(3)21/h13-15,17,21-22H,5-12H2,1-4H3,(H,19,24)(H,20,23). The van der Waals surface area contributed by atoms with Gasteiger partial charge in [0.05, 0.1) is 18.2 Å². The second-order valence-corrected chi connectivity index (χ2v) is 6.69. The average molecular weight is 344 g/mol. The van der Waals surface area contributed by atoms with Gasteiger partial charge in [0.25, 0.3) is 0 Å². The fraction of sp³-hybridized carbons (Fsp3) is 0.889. The number of unbranched alkanes of at least 4 members (excludes halogenated alkanes) is 6. The predicted molar refractivity (Wildman–Crippen MR) is 95.5 cm³/mol. The van der Waals surface area contributed by atoms with Crippen molar-refractivity contribution in [1.82, 2.24) is 10.6 Å². The molecule has 4 unspecified atom stereocenters. The van der Waals surface area contributed by atoms with Crippen molar-refractivity contribution in [3.05, 3.63) is 0 Å². The highest BCUT2D eigenvalue weighted by molar-refractivity contribution is 5.88. The normalized spacial score (nSPS) is 16.1. The highest BCUT2D eigenvalue weighted by atomic mass is 16.3. The number of carbonyl (C=O) groups excluding carboxylic acids is 2. The molecule has 4 atom stereocenters. The molecule has 0 heterocycles. The molecule has 0 radical (unpaired) electrons. The maximum Gasteiger partial charge on any atom is 0.245 e. The van der Waals surface area contributed by atoms with Crippen molar-refractivity contribution < 1.29 is 19.8 Å². The van der Waals surface area contributed by atoms with Gasteiger partial charge in [-0.15, -0.1) is 0 Å². The van der Waals surface area contributed by atoms with Crippen LogP contribution in [0.4, 0.5) is 0 Å². The molecule has 0 aromatic carbocycles. The molecule has 6 heteroatoms. The molecule has 0 aromatic heterocycles. The minimum absolute atomic E-state index is 0.227. The van der Waals surface area contributed by atoms with Crippen LogP contribution in [-0.4, -0.2) is 46.3 Å². The van der Waals surface area contributed by atoms with Gasteiger partial charge < -0.3 is 20.8 Å². The van der Waals surface area contributed by atoms with E-state index in [-0.39, 0.29) is 5.91 Å². The van der Waals surface area contributed by atoms with Gasteiger partial charge in [0.1, 0.15) is 6.04 Å². The number of aliphatic hydroxyl groups is 2. The van der Waals surface area contributed by atoms with Crippen LogP contribution in [0.25, 0.3) is 0 Å². The van der Waals surface area contributed by atoms with E-state index in [1.807, 2.05) is 0 Å². The Morgan fingerprint density at radius 3 is 1.88 bits per heavy atom. The summed E-state index contributed by atoms with van der Waals surface area (Å²) in [5.74, 6) is -0.708. The molecule has 0 saturated carbocycles. The van der Waals surface area contributed by atoms with E-state index in [0.717, 1.165) is 19.3 Å². The number of amides is 2. The zero-order valence-corrected chi connectivity index (χ0v) is 15.7. The lowest BCUT2D eigenvalue weighted by molar-refractivity contribution is -0.132. The van der Waals surface area contributed by atoms with Gasteiger partial charge in [-0.3, -0.25) is 9.59 Å². The van der Waals surface area contributed by atoms with Crippen LogP contribution in [0.2, 0.25) is 0 Å². The van der Waals surface area contributed by atoms with Crippen molar-refractivity contribution in [1.29, 1.82) is 0 Å². The monoisotopic (exact) mass is 344 g/mol. The van der Waals surface area contributed by atoms with Crippen LogP contribution in [0.5, 0.6) is 0 Å². The van der Waals surface area contributed by atoms with Crippen LogP contribution in [0, 0.1) is 0 Å². The molecule has 0 saturated heterocycles. The molecule has 0 bridgehead atoms. The van der Waals surface area contributed by atoms with Crippen molar-refractivity contribution >= 4 is 11.8 Å².